The number of benzene rings is 2. The number of carbonyl (C=O) groups excluding carboxylic acids is 2. The largest absolute Gasteiger partial charge is 0.444 e. The molecule has 44 heavy (non-hydrogen) atoms. The van der Waals surface area contributed by atoms with E-state index in [1.54, 1.807) is 82.8 Å². The predicted octanol–water partition coefficient (Wildman–Crippen LogP) is 6.94. The molecule has 2 aromatic rings. The topological polar surface area (TPSA) is 114 Å². The van der Waals surface area contributed by atoms with Gasteiger partial charge in [-0.1, -0.05) is 47.5 Å². The highest BCUT2D eigenvalue weighted by Crippen LogP contribution is 2.28. The summed E-state index contributed by atoms with van der Waals surface area (Å²) in [5.74, 6) is 0. The summed E-state index contributed by atoms with van der Waals surface area (Å²) in [6, 6.07) is 13.8. The van der Waals surface area contributed by atoms with E-state index in [0.29, 0.717) is 45.9 Å². The number of hydrogen-bond donors (Lipinski definition) is 1. The quantitative estimate of drug-likeness (QED) is 0.275. The third kappa shape index (κ3) is 11.7. The normalized spacial score (nSPS) is 17.4. The first-order valence-electron chi connectivity index (χ1n) is 14.5. The van der Waals surface area contributed by atoms with Crippen LogP contribution in [0.25, 0.3) is 0 Å². The van der Waals surface area contributed by atoms with Crippen LogP contribution >= 0.6 is 23.2 Å². The molecule has 0 saturated carbocycles. The molecule has 0 spiro atoms. The van der Waals surface area contributed by atoms with Crippen LogP contribution < -0.4 is 4.72 Å². The van der Waals surface area contributed by atoms with Crippen molar-refractivity contribution >= 4 is 45.6 Å². The van der Waals surface area contributed by atoms with E-state index >= 15 is 0 Å². The molecule has 2 aromatic carbocycles. The minimum Gasteiger partial charge on any atom is -0.444 e. The van der Waals surface area contributed by atoms with E-state index in [2.05, 4.69) is 4.72 Å². The van der Waals surface area contributed by atoms with Crippen LogP contribution in [0.3, 0.4) is 0 Å². The molecule has 1 saturated heterocycles. The van der Waals surface area contributed by atoms with Crippen molar-refractivity contribution in [1.82, 2.24) is 13.9 Å². The maximum Gasteiger partial charge on any atom is 0.425 e. The number of nitrogens with one attached hydrogen (secondary N) is 1. The Morgan fingerprint density at radius 2 is 1.45 bits per heavy atom. The first-order valence-corrected chi connectivity index (χ1v) is 16.7. The van der Waals surface area contributed by atoms with E-state index in [0.717, 1.165) is 5.56 Å². The first-order chi connectivity index (χ1) is 20.4. The van der Waals surface area contributed by atoms with Crippen LogP contribution in [0, 0.1) is 0 Å². The zero-order valence-corrected chi connectivity index (χ0v) is 28.5. The molecule has 2 amide bonds. The summed E-state index contributed by atoms with van der Waals surface area (Å²) in [5, 5.41) is 1.16. The average molecular weight is 673 g/mol. The highest BCUT2D eigenvalue weighted by Gasteiger charge is 2.39. The number of carbonyl (C=O) groups is 2. The molecule has 10 nitrogen and oxygen atoms in total. The number of ether oxygens (including phenoxy) is 3. The molecule has 0 radical (unpaired) electrons. The van der Waals surface area contributed by atoms with Crippen LogP contribution in [-0.2, 0) is 37.6 Å². The molecule has 1 N–H and O–H groups in total. The van der Waals surface area contributed by atoms with Gasteiger partial charge in [0, 0.05) is 29.2 Å². The van der Waals surface area contributed by atoms with E-state index in [1.165, 1.54) is 0 Å². The minimum atomic E-state index is -4.27. The molecule has 0 bridgehead atoms. The Bertz CT molecular complexity index is 1360. The molecule has 13 heteroatoms. The van der Waals surface area contributed by atoms with Crippen LogP contribution in [0.2, 0.25) is 10.0 Å². The zero-order valence-electron chi connectivity index (χ0n) is 26.1. The predicted molar refractivity (Wildman–Crippen MR) is 171 cm³/mol. The molecule has 1 aliphatic rings. The summed E-state index contributed by atoms with van der Waals surface area (Å²) in [7, 11) is -4.27. The van der Waals surface area contributed by atoms with Gasteiger partial charge in [-0.05, 0) is 96.2 Å². The van der Waals surface area contributed by atoms with Gasteiger partial charge in [0.25, 0.3) is 0 Å². The molecule has 0 aliphatic carbocycles. The van der Waals surface area contributed by atoms with Crippen molar-refractivity contribution < 1.29 is 32.2 Å². The maximum absolute atomic E-state index is 13.3. The maximum atomic E-state index is 13.3. The summed E-state index contributed by atoms with van der Waals surface area (Å²) in [4.78, 5) is 27.8. The molecule has 1 fully saturated rings. The molecule has 3 rings (SSSR count). The van der Waals surface area contributed by atoms with Gasteiger partial charge in [-0.3, -0.25) is 0 Å². The fourth-order valence-electron chi connectivity index (χ4n) is 4.55. The van der Waals surface area contributed by atoms with E-state index in [4.69, 9.17) is 37.4 Å². The smallest absolute Gasteiger partial charge is 0.425 e. The van der Waals surface area contributed by atoms with Gasteiger partial charge in [-0.25, -0.2) is 9.59 Å². The van der Waals surface area contributed by atoms with Crippen molar-refractivity contribution in [2.75, 3.05) is 13.1 Å². The molecular weight excluding hydrogens is 629 g/mol. The molecule has 0 aromatic heterocycles. The Morgan fingerprint density at radius 3 is 2.00 bits per heavy atom. The molecule has 244 valence electrons. The third-order valence-corrected chi connectivity index (χ3v) is 8.49. The monoisotopic (exact) mass is 671 g/mol. The Labute approximate surface area is 271 Å². The molecular formula is C31H43Cl2N3O7S. The van der Waals surface area contributed by atoms with Crippen LogP contribution in [-0.4, -0.2) is 66.2 Å². The van der Waals surface area contributed by atoms with E-state index in [-0.39, 0.29) is 31.7 Å². The van der Waals surface area contributed by atoms with E-state index in [1.807, 2.05) is 12.1 Å². The van der Waals surface area contributed by atoms with E-state index in [9.17, 15) is 18.0 Å². The number of amides is 2. The van der Waals surface area contributed by atoms with Gasteiger partial charge in [0.1, 0.15) is 11.2 Å². The SMILES string of the molecule is CC(C)(C)OC(=O)N1C[C@H](OCc2ccc(Cl)cc2)C[C@@H]1CCCN(C(=O)OC(C)(C)C)S(=O)(=O)NCc1ccc(Cl)cc1. The highest BCUT2D eigenvalue weighted by molar-refractivity contribution is 7.87. The van der Waals surface area contributed by atoms with Gasteiger partial charge < -0.3 is 19.1 Å². The van der Waals surface area contributed by atoms with Gasteiger partial charge in [-0.15, -0.1) is 0 Å². The fourth-order valence-corrected chi connectivity index (χ4v) is 5.91. The number of likely N-dealkylation sites (tertiary alicyclic amines) is 1. The molecule has 0 unspecified atom stereocenters. The summed E-state index contributed by atoms with van der Waals surface area (Å²) < 4.78 is 47.0. The van der Waals surface area contributed by atoms with Crippen molar-refractivity contribution in [2.24, 2.45) is 0 Å². The lowest BCUT2D eigenvalue weighted by atomic mass is 10.1. The van der Waals surface area contributed by atoms with Crippen molar-refractivity contribution in [1.29, 1.82) is 0 Å². The van der Waals surface area contributed by atoms with E-state index < -0.39 is 33.6 Å². The summed E-state index contributed by atoms with van der Waals surface area (Å²) in [6.07, 6.45) is -0.501. The number of rotatable bonds is 11. The van der Waals surface area contributed by atoms with Gasteiger partial charge in [0.15, 0.2) is 0 Å². The van der Waals surface area contributed by atoms with Crippen LogP contribution in [0.15, 0.2) is 48.5 Å². The second kappa shape index (κ2) is 15.1. The lowest BCUT2D eigenvalue weighted by molar-refractivity contribution is 0.0142. The van der Waals surface area contributed by atoms with Gasteiger partial charge in [-0.2, -0.15) is 17.4 Å². The Hall–Kier alpha value is -2.57. The lowest BCUT2D eigenvalue weighted by Crippen LogP contribution is -2.47. The molecule has 1 heterocycles. The van der Waals surface area contributed by atoms with Crippen LogP contribution in [0.4, 0.5) is 9.59 Å². The van der Waals surface area contributed by atoms with Gasteiger partial charge >= 0.3 is 22.4 Å². The van der Waals surface area contributed by atoms with Gasteiger partial charge in [0.2, 0.25) is 0 Å². The summed E-state index contributed by atoms with van der Waals surface area (Å²) >= 11 is 11.9. The van der Waals surface area contributed by atoms with Crippen molar-refractivity contribution in [3.05, 3.63) is 69.7 Å². The van der Waals surface area contributed by atoms with Crippen LogP contribution in [0.5, 0.6) is 0 Å². The zero-order chi connectivity index (χ0) is 32.7. The minimum absolute atomic E-state index is 0.0412. The number of hydrogen-bond acceptors (Lipinski definition) is 7. The molecule has 2 atom stereocenters. The van der Waals surface area contributed by atoms with Gasteiger partial charge in [0.05, 0.1) is 19.3 Å². The fraction of sp³-hybridized carbons (Fsp3) is 0.548. The Balaban J connectivity index is 1.70. The summed E-state index contributed by atoms with van der Waals surface area (Å²) in [6.45, 7) is 10.9. The average Bonchev–Trinajstić information content (AvgIpc) is 3.31. The van der Waals surface area contributed by atoms with Crippen LogP contribution in [0.1, 0.15) is 71.9 Å². The number of halogens is 2. The second-order valence-electron chi connectivity index (χ2n) is 12.7. The molecule has 1 aliphatic heterocycles. The third-order valence-electron chi connectivity index (χ3n) is 6.56. The van der Waals surface area contributed by atoms with Crippen molar-refractivity contribution in [3.63, 3.8) is 0 Å². The highest BCUT2D eigenvalue weighted by atomic mass is 35.5. The second-order valence-corrected chi connectivity index (χ2v) is 15.3. The number of nitrogens with zero attached hydrogens (tertiary/aromatic N) is 2. The summed E-state index contributed by atoms with van der Waals surface area (Å²) in [5.41, 5.74) is 0.0206. The Morgan fingerprint density at radius 1 is 0.909 bits per heavy atom. The first kappa shape index (κ1) is 35.9. The van der Waals surface area contributed by atoms with Crippen molar-refractivity contribution in [2.45, 2.75) is 97.3 Å². The Kier molecular flexibility index (Phi) is 12.4. The standard InChI is InChI=1S/C31H43Cl2N3O7S/c1-30(2,3)42-28(37)35-20-27(41-21-23-11-15-25(33)16-12-23)18-26(35)8-7-17-36(29(38)43-31(4,5)6)44(39,40)34-19-22-9-13-24(32)14-10-22/h9-16,26-27,34H,7-8,17-21H2,1-6H3/t26-,27+/m0/s1. The van der Waals surface area contributed by atoms with Crippen molar-refractivity contribution in [3.8, 4) is 0 Å². The lowest BCUT2D eigenvalue weighted by Gasteiger charge is -2.29.